The van der Waals surface area contributed by atoms with Crippen LogP contribution in [0.4, 0.5) is 20.2 Å². The smallest absolute Gasteiger partial charge is 0.175 e. The molecule has 2 N–H and O–H groups in total. The van der Waals surface area contributed by atoms with Crippen LogP contribution in [0.2, 0.25) is 10.0 Å². The number of halogens is 4. The van der Waals surface area contributed by atoms with Crippen LogP contribution in [0.1, 0.15) is 0 Å². The number of hydrogen-bond donors (Lipinski definition) is 2. The highest BCUT2D eigenvalue weighted by Crippen LogP contribution is 2.25. The Hall–Kier alpha value is -1.43. The SMILES string of the molecule is Fc1cc(F)cc(NC(=S)Nc2cc(Cl)ccc2Cl)c1. The fourth-order valence-electron chi connectivity index (χ4n) is 1.50. The molecule has 2 aromatic rings. The summed E-state index contributed by atoms with van der Waals surface area (Å²) in [4.78, 5) is 0. The van der Waals surface area contributed by atoms with Crippen molar-refractivity contribution >= 4 is 51.9 Å². The van der Waals surface area contributed by atoms with Crippen LogP contribution < -0.4 is 10.6 Å². The molecule has 0 amide bonds. The molecule has 0 saturated carbocycles. The van der Waals surface area contributed by atoms with Gasteiger partial charge in [-0.15, -0.1) is 0 Å². The number of anilines is 2. The monoisotopic (exact) mass is 332 g/mol. The molecular weight excluding hydrogens is 325 g/mol. The minimum Gasteiger partial charge on any atom is -0.332 e. The van der Waals surface area contributed by atoms with E-state index in [4.69, 9.17) is 35.4 Å². The molecular formula is C13H8Cl2F2N2S. The summed E-state index contributed by atoms with van der Waals surface area (Å²) in [5, 5.41) is 6.50. The highest BCUT2D eigenvalue weighted by molar-refractivity contribution is 7.80. The second-order valence-corrected chi connectivity index (χ2v) is 5.11. The number of nitrogens with one attached hydrogen (secondary N) is 2. The van der Waals surface area contributed by atoms with Gasteiger partial charge in [0.05, 0.1) is 10.7 Å². The summed E-state index contributed by atoms with van der Waals surface area (Å²) in [5.41, 5.74) is 0.687. The summed E-state index contributed by atoms with van der Waals surface area (Å²) >= 11 is 16.8. The van der Waals surface area contributed by atoms with E-state index in [0.29, 0.717) is 15.7 Å². The summed E-state index contributed by atoms with van der Waals surface area (Å²) in [6.07, 6.45) is 0. The second-order valence-electron chi connectivity index (χ2n) is 3.86. The van der Waals surface area contributed by atoms with Crippen molar-refractivity contribution in [3.63, 3.8) is 0 Å². The molecule has 0 aliphatic heterocycles. The Kier molecular flexibility index (Phi) is 4.75. The van der Waals surface area contributed by atoms with Gasteiger partial charge in [-0.2, -0.15) is 0 Å². The fourth-order valence-corrected chi connectivity index (χ4v) is 2.07. The highest BCUT2D eigenvalue weighted by Gasteiger charge is 2.06. The van der Waals surface area contributed by atoms with Crippen molar-refractivity contribution in [2.75, 3.05) is 10.6 Å². The van der Waals surface area contributed by atoms with Gasteiger partial charge in [-0.25, -0.2) is 8.78 Å². The van der Waals surface area contributed by atoms with Gasteiger partial charge in [0.2, 0.25) is 0 Å². The van der Waals surface area contributed by atoms with Crippen LogP contribution in [0.15, 0.2) is 36.4 Å². The predicted octanol–water partition coefficient (Wildman–Crippen LogP) is 5.08. The third kappa shape index (κ3) is 4.03. The molecule has 0 saturated heterocycles. The van der Waals surface area contributed by atoms with Gasteiger partial charge in [-0.1, -0.05) is 23.2 Å². The molecule has 0 unspecified atom stereocenters. The quantitative estimate of drug-likeness (QED) is 0.750. The third-order valence-electron chi connectivity index (χ3n) is 2.30. The first-order chi connectivity index (χ1) is 9.44. The fraction of sp³-hybridized carbons (Fsp3) is 0. The lowest BCUT2D eigenvalue weighted by atomic mass is 10.3. The van der Waals surface area contributed by atoms with Crippen molar-refractivity contribution in [3.05, 3.63) is 58.1 Å². The Bertz CT molecular complexity index is 645. The predicted molar refractivity (Wildman–Crippen MR) is 82.7 cm³/mol. The maximum atomic E-state index is 13.0. The van der Waals surface area contributed by atoms with E-state index in [0.717, 1.165) is 18.2 Å². The maximum absolute atomic E-state index is 13.0. The molecule has 0 atom stereocenters. The molecule has 20 heavy (non-hydrogen) atoms. The van der Waals surface area contributed by atoms with Gasteiger partial charge in [0, 0.05) is 16.8 Å². The van der Waals surface area contributed by atoms with Crippen molar-refractivity contribution in [3.8, 4) is 0 Å². The lowest BCUT2D eigenvalue weighted by molar-refractivity contribution is 0.584. The van der Waals surface area contributed by atoms with Crippen LogP contribution in [0.5, 0.6) is 0 Å². The van der Waals surface area contributed by atoms with Crippen LogP contribution in [-0.2, 0) is 0 Å². The molecule has 2 nitrogen and oxygen atoms in total. The highest BCUT2D eigenvalue weighted by atomic mass is 35.5. The summed E-state index contributed by atoms with van der Waals surface area (Å²) in [6, 6.07) is 7.84. The summed E-state index contributed by atoms with van der Waals surface area (Å²) in [7, 11) is 0. The molecule has 104 valence electrons. The van der Waals surface area contributed by atoms with Crippen molar-refractivity contribution in [1.82, 2.24) is 0 Å². The van der Waals surface area contributed by atoms with E-state index in [2.05, 4.69) is 10.6 Å². The van der Waals surface area contributed by atoms with Crippen LogP contribution in [-0.4, -0.2) is 5.11 Å². The molecule has 2 rings (SSSR count). The number of benzene rings is 2. The van der Waals surface area contributed by atoms with E-state index in [1.54, 1.807) is 18.2 Å². The van der Waals surface area contributed by atoms with Gasteiger partial charge >= 0.3 is 0 Å². The number of rotatable bonds is 2. The molecule has 0 aromatic heterocycles. The average molecular weight is 333 g/mol. The number of hydrogen-bond acceptors (Lipinski definition) is 1. The minimum absolute atomic E-state index is 0.138. The van der Waals surface area contributed by atoms with Crippen molar-refractivity contribution in [2.45, 2.75) is 0 Å². The topological polar surface area (TPSA) is 24.1 Å². The van der Waals surface area contributed by atoms with Gasteiger partial charge in [-0.3, -0.25) is 0 Å². The molecule has 0 heterocycles. The second kappa shape index (κ2) is 6.35. The Morgan fingerprint density at radius 2 is 1.60 bits per heavy atom. The van der Waals surface area contributed by atoms with Gasteiger partial charge in [0.25, 0.3) is 0 Å². The molecule has 7 heteroatoms. The zero-order chi connectivity index (χ0) is 14.7. The van der Waals surface area contributed by atoms with Crippen molar-refractivity contribution in [2.24, 2.45) is 0 Å². The third-order valence-corrected chi connectivity index (χ3v) is 3.07. The molecule has 0 aliphatic rings. The van der Waals surface area contributed by atoms with Crippen LogP contribution in [0, 0.1) is 11.6 Å². The average Bonchev–Trinajstić information content (AvgIpc) is 2.32. The Balaban J connectivity index is 2.11. The van der Waals surface area contributed by atoms with Gasteiger partial charge in [-0.05, 0) is 42.5 Å². The zero-order valence-electron chi connectivity index (χ0n) is 9.88. The molecule has 0 spiro atoms. The first kappa shape index (κ1) is 15.0. The van der Waals surface area contributed by atoms with E-state index in [1.165, 1.54) is 0 Å². The lowest BCUT2D eigenvalue weighted by Gasteiger charge is -2.12. The molecule has 0 aliphatic carbocycles. The lowest BCUT2D eigenvalue weighted by Crippen LogP contribution is -2.19. The van der Waals surface area contributed by atoms with Crippen LogP contribution in [0.25, 0.3) is 0 Å². The Morgan fingerprint density at radius 3 is 2.25 bits per heavy atom. The van der Waals surface area contributed by atoms with E-state index >= 15 is 0 Å². The van der Waals surface area contributed by atoms with E-state index in [-0.39, 0.29) is 10.8 Å². The molecule has 0 fully saturated rings. The van der Waals surface area contributed by atoms with Gasteiger partial charge in [0.15, 0.2) is 5.11 Å². The largest absolute Gasteiger partial charge is 0.332 e. The van der Waals surface area contributed by atoms with Crippen LogP contribution in [0.3, 0.4) is 0 Å². The summed E-state index contributed by atoms with van der Waals surface area (Å²) in [5.74, 6) is -1.40. The normalized spacial score (nSPS) is 10.2. The van der Waals surface area contributed by atoms with E-state index in [1.807, 2.05) is 0 Å². The minimum atomic E-state index is -0.698. The zero-order valence-corrected chi connectivity index (χ0v) is 12.2. The van der Waals surface area contributed by atoms with Crippen LogP contribution >= 0.6 is 35.4 Å². The summed E-state index contributed by atoms with van der Waals surface area (Å²) in [6.45, 7) is 0. The van der Waals surface area contributed by atoms with E-state index in [9.17, 15) is 8.78 Å². The van der Waals surface area contributed by atoms with Gasteiger partial charge < -0.3 is 10.6 Å². The molecule has 0 bridgehead atoms. The molecule has 2 aromatic carbocycles. The van der Waals surface area contributed by atoms with Crippen molar-refractivity contribution < 1.29 is 8.78 Å². The first-order valence-electron chi connectivity index (χ1n) is 5.43. The Labute approximate surface area is 129 Å². The maximum Gasteiger partial charge on any atom is 0.175 e. The molecule has 0 radical (unpaired) electrons. The first-order valence-corrected chi connectivity index (χ1v) is 6.59. The van der Waals surface area contributed by atoms with Crippen molar-refractivity contribution in [1.29, 1.82) is 0 Å². The van der Waals surface area contributed by atoms with Gasteiger partial charge in [0.1, 0.15) is 11.6 Å². The van der Waals surface area contributed by atoms with E-state index < -0.39 is 11.6 Å². The standard InChI is InChI=1S/C13H8Cl2F2N2S/c14-7-1-2-11(15)12(3-7)19-13(20)18-10-5-8(16)4-9(17)6-10/h1-6H,(H2,18,19,20). The number of thiocarbonyl (C=S) groups is 1. The Morgan fingerprint density at radius 1 is 0.950 bits per heavy atom. The summed E-state index contributed by atoms with van der Waals surface area (Å²) < 4.78 is 26.1.